The molecule has 148 valence electrons. The number of nitrogens with one attached hydrogen (secondary N) is 2. The van der Waals surface area contributed by atoms with E-state index < -0.39 is 6.04 Å². The summed E-state index contributed by atoms with van der Waals surface area (Å²) in [5.74, 6) is -0.392. The Morgan fingerprint density at radius 1 is 1.18 bits per heavy atom. The second kappa shape index (κ2) is 9.48. The van der Waals surface area contributed by atoms with Crippen LogP contribution < -0.4 is 16.4 Å². The van der Waals surface area contributed by atoms with Gasteiger partial charge in [-0.1, -0.05) is 42.0 Å². The van der Waals surface area contributed by atoms with E-state index in [1.54, 1.807) is 12.1 Å². The second-order valence-corrected chi connectivity index (χ2v) is 7.15. The van der Waals surface area contributed by atoms with Gasteiger partial charge in [0.2, 0.25) is 5.91 Å². The molecule has 4 N–H and O–H groups in total. The van der Waals surface area contributed by atoms with Crippen molar-refractivity contribution in [2.24, 2.45) is 5.73 Å². The molecule has 1 saturated heterocycles. The average molecular weight is 381 g/mol. The zero-order valence-corrected chi connectivity index (χ0v) is 16.1. The van der Waals surface area contributed by atoms with Crippen LogP contribution in [-0.4, -0.2) is 31.1 Å². The first-order chi connectivity index (χ1) is 13.5. The first-order valence-electron chi connectivity index (χ1n) is 9.61. The Hall–Kier alpha value is -2.70. The summed E-state index contributed by atoms with van der Waals surface area (Å²) < 4.78 is 5.52. The van der Waals surface area contributed by atoms with E-state index in [0.717, 1.165) is 36.1 Å². The third-order valence-corrected chi connectivity index (χ3v) is 4.89. The topological polar surface area (TPSA) is 93.5 Å². The molecule has 2 amide bonds. The Balaban J connectivity index is 1.52. The number of hydrogen-bond acceptors (Lipinski definition) is 4. The van der Waals surface area contributed by atoms with Crippen LogP contribution in [0.25, 0.3) is 0 Å². The van der Waals surface area contributed by atoms with Crippen LogP contribution in [0, 0.1) is 6.92 Å². The van der Waals surface area contributed by atoms with Gasteiger partial charge >= 0.3 is 0 Å². The predicted octanol–water partition coefficient (Wildman–Crippen LogP) is 2.22. The maximum Gasteiger partial charge on any atom is 0.251 e. The van der Waals surface area contributed by atoms with Crippen molar-refractivity contribution in [3.05, 3.63) is 70.8 Å². The molecule has 0 spiro atoms. The van der Waals surface area contributed by atoms with Crippen LogP contribution in [0.4, 0.5) is 0 Å². The quantitative estimate of drug-likeness (QED) is 0.686. The van der Waals surface area contributed by atoms with Crippen molar-refractivity contribution >= 4 is 11.8 Å². The van der Waals surface area contributed by atoms with Crippen LogP contribution in [0.1, 0.15) is 45.9 Å². The molecule has 0 bridgehead atoms. The van der Waals surface area contributed by atoms with Crippen LogP contribution in [-0.2, 0) is 16.1 Å². The second-order valence-electron chi connectivity index (χ2n) is 7.15. The molecular weight excluding hydrogens is 354 g/mol. The summed E-state index contributed by atoms with van der Waals surface area (Å²) in [4.78, 5) is 24.7. The smallest absolute Gasteiger partial charge is 0.251 e. The lowest BCUT2D eigenvalue weighted by atomic mass is 10.0. The Morgan fingerprint density at radius 2 is 1.96 bits per heavy atom. The number of aryl methyl sites for hydroxylation is 1. The largest absolute Gasteiger partial charge is 0.376 e. The van der Waals surface area contributed by atoms with Gasteiger partial charge in [-0.05, 0) is 43.0 Å². The third kappa shape index (κ3) is 5.41. The maximum absolute atomic E-state index is 12.3. The van der Waals surface area contributed by atoms with Crippen molar-refractivity contribution in [2.75, 3.05) is 13.2 Å². The molecule has 3 rings (SSSR count). The van der Waals surface area contributed by atoms with Crippen LogP contribution in [0.3, 0.4) is 0 Å². The van der Waals surface area contributed by atoms with Gasteiger partial charge < -0.3 is 21.1 Å². The first-order valence-corrected chi connectivity index (χ1v) is 9.61. The van der Waals surface area contributed by atoms with Gasteiger partial charge in [0.15, 0.2) is 0 Å². The van der Waals surface area contributed by atoms with E-state index in [0.29, 0.717) is 18.7 Å². The molecule has 0 radical (unpaired) electrons. The molecule has 1 aliphatic rings. The van der Waals surface area contributed by atoms with Crippen LogP contribution in [0.5, 0.6) is 0 Å². The van der Waals surface area contributed by atoms with Crippen molar-refractivity contribution in [3.8, 4) is 0 Å². The van der Waals surface area contributed by atoms with Gasteiger partial charge in [-0.25, -0.2) is 0 Å². The van der Waals surface area contributed by atoms with E-state index in [4.69, 9.17) is 10.5 Å². The normalized spacial score (nSPS) is 17.1. The lowest BCUT2D eigenvalue weighted by Crippen LogP contribution is -2.34. The van der Waals surface area contributed by atoms with Crippen molar-refractivity contribution < 1.29 is 14.3 Å². The first kappa shape index (κ1) is 20.0. The minimum atomic E-state index is -0.724. The number of nitrogens with two attached hydrogens (primary N) is 1. The van der Waals surface area contributed by atoms with Gasteiger partial charge in [0.1, 0.15) is 6.04 Å². The van der Waals surface area contributed by atoms with Gasteiger partial charge in [-0.3, -0.25) is 9.59 Å². The Morgan fingerprint density at radius 3 is 2.68 bits per heavy atom. The molecule has 2 aromatic rings. The molecule has 1 heterocycles. The predicted molar refractivity (Wildman–Crippen MR) is 108 cm³/mol. The van der Waals surface area contributed by atoms with Gasteiger partial charge in [0, 0.05) is 25.3 Å². The number of carbonyl (C=O) groups is 2. The summed E-state index contributed by atoms with van der Waals surface area (Å²) in [5, 5.41) is 5.75. The molecule has 6 nitrogen and oxygen atoms in total. The van der Waals surface area contributed by atoms with E-state index in [2.05, 4.69) is 10.6 Å². The van der Waals surface area contributed by atoms with Gasteiger partial charge in [-0.15, -0.1) is 0 Å². The average Bonchev–Trinajstić information content (AvgIpc) is 3.24. The fraction of sp³-hybridized carbons (Fsp3) is 0.364. The molecule has 0 saturated carbocycles. The number of hydrogen-bond donors (Lipinski definition) is 3. The van der Waals surface area contributed by atoms with E-state index in [-0.39, 0.29) is 17.9 Å². The van der Waals surface area contributed by atoms with Crippen molar-refractivity contribution in [3.63, 3.8) is 0 Å². The lowest BCUT2D eigenvalue weighted by Gasteiger charge is -2.14. The summed E-state index contributed by atoms with van der Waals surface area (Å²) in [6.45, 7) is 3.58. The van der Waals surface area contributed by atoms with E-state index in [1.807, 2.05) is 43.3 Å². The summed E-state index contributed by atoms with van der Waals surface area (Å²) in [6.07, 6.45) is 2.13. The molecule has 0 aliphatic carbocycles. The molecule has 2 atom stereocenters. The third-order valence-electron chi connectivity index (χ3n) is 4.89. The highest BCUT2D eigenvalue weighted by Gasteiger charge is 2.17. The van der Waals surface area contributed by atoms with Crippen molar-refractivity contribution in [1.82, 2.24) is 10.6 Å². The zero-order valence-electron chi connectivity index (χ0n) is 16.1. The molecule has 28 heavy (non-hydrogen) atoms. The minimum absolute atomic E-state index is 0.106. The number of rotatable bonds is 7. The maximum atomic E-state index is 12.3. The molecule has 2 aromatic carbocycles. The van der Waals surface area contributed by atoms with Gasteiger partial charge in [0.25, 0.3) is 5.91 Å². The molecule has 2 unspecified atom stereocenters. The monoisotopic (exact) mass is 381 g/mol. The highest BCUT2D eigenvalue weighted by Crippen LogP contribution is 2.13. The van der Waals surface area contributed by atoms with Gasteiger partial charge in [0.05, 0.1) is 6.10 Å². The Bertz CT molecular complexity index is 814. The Kier molecular flexibility index (Phi) is 6.79. The highest BCUT2D eigenvalue weighted by atomic mass is 16.5. The number of amides is 2. The van der Waals surface area contributed by atoms with E-state index in [9.17, 15) is 9.59 Å². The molecule has 0 aromatic heterocycles. The van der Waals surface area contributed by atoms with Crippen molar-refractivity contribution in [1.29, 1.82) is 0 Å². The summed E-state index contributed by atoms with van der Waals surface area (Å²) >= 11 is 0. The minimum Gasteiger partial charge on any atom is -0.376 e. The standard InChI is InChI=1S/C22H27N3O3/c1-15-7-9-17(10-8-15)20(23)22(27)24-13-16-4-2-5-18(12-16)21(26)25-14-19-6-3-11-28-19/h2,4-5,7-10,12,19-20H,3,6,11,13-14,23H2,1H3,(H,24,27)(H,25,26). The fourth-order valence-electron chi connectivity index (χ4n) is 3.16. The van der Waals surface area contributed by atoms with Gasteiger partial charge in [-0.2, -0.15) is 0 Å². The Labute approximate surface area is 165 Å². The summed E-state index contributed by atoms with van der Waals surface area (Å²) in [5.41, 5.74) is 9.33. The van der Waals surface area contributed by atoms with Crippen molar-refractivity contribution in [2.45, 2.75) is 38.5 Å². The van der Waals surface area contributed by atoms with E-state index >= 15 is 0 Å². The van der Waals surface area contributed by atoms with Crippen LogP contribution in [0.2, 0.25) is 0 Å². The summed E-state index contributed by atoms with van der Waals surface area (Å²) in [6, 6.07) is 14.1. The molecule has 1 aliphatic heterocycles. The SMILES string of the molecule is Cc1ccc(C(N)C(=O)NCc2cccc(C(=O)NCC3CCCO3)c2)cc1. The number of benzene rings is 2. The summed E-state index contributed by atoms with van der Waals surface area (Å²) in [7, 11) is 0. The lowest BCUT2D eigenvalue weighted by molar-refractivity contribution is -0.122. The highest BCUT2D eigenvalue weighted by molar-refractivity contribution is 5.94. The molecule has 1 fully saturated rings. The molecule has 6 heteroatoms. The van der Waals surface area contributed by atoms with Crippen LogP contribution in [0.15, 0.2) is 48.5 Å². The fourth-order valence-corrected chi connectivity index (χ4v) is 3.16. The van der Waals surface area contributed by atoms with Crippen LogP contribution >= 0.6 is 0 Å². The zero-order chi connectivity index (χ0) is 19.9. The number of carbonyl (C=O) groups excluding carboxylic acids is 2. The number of ether oxygens (including phenoxy) is 1. The van der Waals surface area contributed by atoms with E-state index in [1.165, 1.54) is 0 Å². The molecular formula is C22H27N3O3.